The van der Waals surface area contributed by atoms with Crippen molar-refractivity contribution in [2.75, 3.05) is 46.7 Å². The second-order valence-corrected chi connectivity index (χ2v) is 7.28. The Balaban J connectivity index is 1.47. The van der Waals surface area contributed by atoms with E-state index in [4.69, 9.17) is 9.47 Å². The van der Waals surface area contributed by atoms with Crippen LogP contribution in [-0.4, -0.2) is 72.5 Å². The highest BCUT2D eigenvalue weighted by Crippen LogP contribution is 2.36. The van der Waals surface area contributed by atoms with Crippen LogP contribution in [0.4, 0.5) is 4.79 Å². The van der Waals surface area contributed by atoms with Gasteiger partial charge in [-0.3, -0.25) is 19.4 Å². The summed E-state index contributed by atoms with van der Waals surface area (Å²) in [7, 11) is 2.07. The Kier molecular flexibility index (Phi) is 4.41. The molecule has 2 fully saturated rings. The molecule has 7 nitrogen and oxygen atoms in total. The van der Waals surface area contributed by atoms with Crippen LogP contribution in [-0.2, 0) is 4.79 Å². The maximum atomic E-state index is 12.6. The van der Waals surface area contributed by atoms with Crippen molar-refractivity contribution in [3.8, 4) is 11.5 Å². The third kappa shape index (κ3) is 3.37. The minimum Gasteiger partial charge on any atom is -0.454 e. The van der Waals surface area contributed by atoms with Gasteiger partial charge in [0, 0.05) is 26.2 Å². The van der Waals surface area contributed by atoms with Gasteiger partial charge in [0.15, 0.2) is 11.5 Å². The highest BCUT2D eigenvalue weighted by Gasteiger charge is 2.36. The van der Waals surface area contributed by atoms with Gasteiger partial charge in [-0.1, -0.05) is 6.07 Å². The van der Waals surface area contributed by atoms with Crippen molar-refractivity contribution < 1.29 is 19.1 Å². The first-order valence-corrected chi connectivity index (χ1v) is 8.98. The number of amides is 2. The topological polar surface area (TPSA) is 62.3 Å². The Morgan fingerprint density at radius 1 is 1.12 bits per heavy atom. The van der Waals surface area contributed by atoms with Gasteiger partial charge in [-0.2, -0.15) is 0 Å². The number of nitrogens with zero attached hydrogens (tertiary/aromatic N) is 3. The second kappa shape index (κ2) is 6.70. The number of piperazine rings is 1. The van der Waals surface area contributed by atoms with Crippen LogP contribution in [0.5, 0.6) is 11.5 Å². The number of hydrogen-bond donors (Lipinski definition) is 0. The van der Waals surface area contributed by atoms with Gasteiger partial charge in [-0.25, -0.2) is 0 Å². The molecule has 4 rings (SSSR count). The second-order valence-electron chi connectivity index (χ2n) is 6.29. The Morgan fingerprint density at radius 3 is 2.68 bits per heavy atom. The lowest BCUT2D eigenvalue weighted by molar-refractivity contribution is -0.124. The molecular weight excluding hydrogens is 342 g/mol. The van der Waals surface area contributed by atoms with Gasteiger partial charge >= 0.3 is 0 Å². The lowest BCUT2D eigenvalue weighted by Gasteiger charge is -2.33. The number of rotatable bonds is 3. The Morgan fingerprint density at radius 2 is 1.88 bits per heavy atom. The van der Waals surface area contributed by atoms with E-state index < -0.39 is 0 Å². The molecule has 3 heterocycles. The number of carbonyl (C=O) groups excluding carboxylic acids is 2. The molecule has 0 N–H and O–H groups in total. The smallest absolute Gasteiger partial charge is 0.294 e. The molecule has 8 heteroatoms. The van der Waals surface area contributed by atoms with Gasteiger partial charge in [-0.05, 0) is 42.6 Å². The van der Waals surface area contributed by atoms with E-state index in [1.807, 2.05) is 18.2 Å². The summed E-state index contributed by atoms with van der Waals surface area (Å²) < 4.78 is 10.6. The van der Waals surface area contributed by atoms with Crippen LogP contribution in [0.25, 0.3) is 6.08 Å². The molecule has 3 aliphatic heterocycles. The number of carbonyl (C=O) groups is 2. The molecule has 0 radical (unpaired) electrons. The fourth-order valence-corrected chi connectivity index (χ4v) is 3.80. The fourth-order valence-electron chi connectivity index (χ4n) is 2.97. The van der Waals surface area contributed by atoms with Crippen LogP contribution in [0, 0.1) is 0 Å². The third-order valence-corrected chi connectivity index (χ3v) is 5.41. The number of hydrogen-bond acceptors (Lipinski definition) is 7. The molecule has 0 aliphatic carbocycles. The SMILES string of the molecule is CN1CCN(CN2C(=O)SC(=Cc3ccc4c(c3)OCO4)C2=O)CC1. The molecule has 2 saturated heterocycles. The van der Waals surface area contributed by atoms with Crippen LogP contribution in [0.2, 0.25) is 0 Å². The van der Waals surface area contributed by atoms with Crippen molar-refractivity contribution in [2.24, 2.45) is 0 Å². The number of fused-ring (bicyclic) bond motifs is 1. The summed E-state index contributed by atoms with van der Waals surface area (Å²) in [6.45, 7) is 4.18. The largest absolute Gasteiger partial charge is 0.454 e. The summed E-state index contributed by atoms with van der Waals surface area (Å²) in [5.74, 6) is 1.12. The molecule has 1 aromatic rings. The monoisotopic (exact) mass is 361 g/mol. The van der Waals surface area contributed by atoms with Gasteiger partial charge in [-0.15, -0.1) is 0 Å². The number of likely N-dealkylation sites (N-methyl/N-ethyl adjacent to an activating group) is 1. The van der Waals surface area contributed by atoms with Gasteiger partial charge in [0.25, 0.3) is 11.1 Å². The Labute approximate surface area is 150 Å². The van der Waals surface area contributed by atoms with Crippen molar-refractivity contribution in [3.05, 3.63) is 28.7 Å². The number of benzene rings is 1. The first-order chi connectivity index (χ1) is 12.1. The maximum absolute atomic E-state index is 12.6. The maximum Gasteiger partial charge on any atom is 0.294 e. The van der Waals surface area contributed by atoms with Crippen molar-refractivity contribution in [3.63, 3.8) is 0 Å². The van der Waals surface area contributed by atoms with E-state index in [-0.39, 0.29) is 17.9 Å². The predicted octanol–water partition coefficient (Wildman–Crippen LogP) is 1.66. The summed E-state index contributed by atoms with van der Waals surface area (Å²) in [5, 5.41) is -0.212. The lowest BCUT2D eigenvalue weighted by Crippen LogP contribution is -2.49. The van der Waals surface area contributed by atoms with Crippen LogP contribution < -0.4 is 9.47 Å². The molecule has 1 aromatic carbocycles. The molecule has 3 aliphatic rings. The van der Waals surface area contributed by atoms with Crippen LogP contribution in [0.1, 0.15) is 5.56 Å². The van der Waals surface area contributed by atoms with Gasteiger partial charge in [0.2, 0.25) is 6.79 Å². The van der Waals surface area contributed by atoms with E-state index in [1.165, 1.54) is 4.90 Å². The van der Waals surface area contributed by atoms with E-state index >= 15 is 0 Å². The molecule has 0 bridgehead atoms. The number of ether oxygens (including phenoxy) is 2. The third-order valence-electron chi connectivity index (χ3n) is 4.51. The molecule has 0 saturated carbocycles. The summed E-state index contributed by atoms with van der Waals surface area (Å²) in [4.78, 5) is 31.0. The van der Waals surface area contributed by atoms with Gasteiger partial charge in [0.05, 0.1) is 11.6 Å². The van der Waals surface area contributed by atoms with E-state index in [1.54, 1.807) is 6.08 Å². The average Bonchev–Trinajstić information content (AvgIpc) is 3.16. The minimum atomic E-state index is -0.230. The molecule has 0 spiro atoms. The predicted molar refractivity (Wildman–Crippen MR) is 94.3 cm³/mol. The standard InChI is InChI=1S/C17H19N3O4S/c1-18-4-6-19(7-5-18)10-20-16(21)15(25-17(20)22)9-12-2-3-13-14(8-12)24-11-23-13/h2-3,8-9H,4-7,10-11H2,1H3. The number of imide groups is 1. The van der Waals surface area contributed by atoms with E-state index in [0.717, 1.165) is 43.5 Å². The summed E-state index contributed by atoms with van der Waals surface area (Å²) in [6.07, 6.45) is 1.73. The van der Waals surface area contributed by atoms with Crippen LogP contribution in [0.3, 0.4) is 0 Å². The normalized spacial score (nSPS) is 23.1. The average molecular weight is 361 g/mol. The minimum absolute atomic E-state index is 0.209. The highest BCUT2D eigenvalue weighted by molar-refractivity contribution is 8.18. The Bertz CT molecular complexity index is 743. The molecule has 0 atom stereocenters. The summed E-state index contributed by atoms with van der Waals surface area (Å²) in [5.41, 5.74) is 0.814. The highest BCUT2D eigenvalue weighted by atomic mass is 32.2. The lowest BCUT2D eigenvalue weighted by atomic mass is 10.2. The van der Waals surface area contributed by atoms with Gasteiger partial charge < -0.3 is 14.4 Å². The van der Waals surface area contributed by atoms with Crippen molar-refractivity contribution in [2.45, 2.75) is 0 Å². The van der Waals surface area contributed by atoms with Gasteiger partial charge in [0.1, 0.15) is 0 Å². The molecule has 0 unspecified atom stereocenters. The summed E-state index contributed by atoms with van der Waals surface area (Å²) in [6, 6.07) is 5.47. The van der Waals surface area contributed by atoms with Crippen LogP contribution >= 0.6 is 11.8 Å². The van der Waals surface area contributed by atoms with Crippen molar-refractivity contribution in [1.82, 2.24) is 14.7 Å². The zero-order valence-electron chi connectivity index (χ0n) is 13.9. The van der Waals surface area contributed by atoms with Crippen molar-refractivity contribution in [1.29, 1.82) is 0 Å². The fraction of sp³-hybridized carbons (Fsp3) is 0.412. The molecule has 132 valence electrons. The molecule has 2 amide bonds. The first kappa shape index (κ1) is 16.4. The van der Waals surface area contributed by atoms with Crippen LogP contribution in [0.15, 0.2) is 23.1 Å². The van der Waals surface area contributed by atoms with E-state index in [2.05, 4.69) is 16.8 Å². The molecular formula is C17H19N3O4S. The first-order valence-electron chi connectivity index (χ1n) is 8.16. The van der Waals surface area contributed by atoms with E-state index in [0.29, 0.717) is 23.1 Å². The van der Waals surface area contributed by atoms with E-state index in [9.17, 15) is 9.59 Å². The Hall–Kier alpha value is -2.03. The quantitative estimate of drug-likeness (QED) is 0.759. The summed E-state index contributed by atoms with van der Waals surface area (Å²) >= 11 is 0.988. The molecule has 0 aromatic heterocycles. The zero-order chi connectivity index (χ0) is 17.4. The van der Waals surface area contributed by atoms with Crippen molar-refractivity contribution >= 4 is 29.0 Å². The number of thioether (sulfide) groups is 1. The molecule has 25 heavy (non-hydrogen) atoms. The zero-order valence-corrected chi connectivity index (χ0v) is 14.8.